The maximum Gasteiger partial charge on any atom is 0.273 e. The average molecular weight is 271 g/mol. The Labute approximate surface area is 112 Å². The molecule has 0 saturated heterocycles. The van der Waals surface area contributed by atoms with E-state index in [1.807, 2.05) is 6.92 Å². The Balaban J connectivity index is 2.74. The van der Waals surface area contributed by atoms with Crippen molar-refractivity contribution in [2.75, 3.05) is 19.7 Å². The molecule has 0 aromatic carbocycles. The van der Waals surface area contributed by atoms with Gasteiger partial charge < -0.3 is 15.7 Å². The van der Waals surface area contributed by atoms with E-state index in [4.69, 9.17) is 10.8 Å². The van der Waals surface area contributed by atoms with Gasteiger partial charge in [-0.15, -0.1) is 11.3 Å². The van der Waals surface area contributed by atoms with E-state index in [1.165, 1.54) is 11.3 Å². The van der Waals surface area contributed by atoms with Crippen molar-refractivity contribution in [3.63, 3.8) is 0 Å². The smallest absolute Gasteiger partial charge is 0.273 e. The first-order valence-corrected chi connectivity index (χ1v) is 7.09. The third-order valence-corrected chi connectivity index (χ3v) is 3.61. The van der Waals surface area contributed by atoms with Crippen molar-refractivity contribution >= 4 is 17.2 Å². The van der Waals surface area contributed by atoms with Gasteiger partial charge in [0.25, 0.3) is 5.91 Å². The number of hydrogen-bond acceptors (Lipinski definition) is 5. The Hall–Kier alpha value is -0.980. The van der Waals surface area contributed by atoms with E-state index in [-0.39, 0.29) is 18.6 Å². The zero-order valence-electron chi connectivity index (χ0n) is 10.9. The van der Waals surface area contributed by atoms with Crippen LogP contribution in [0.2, 0.25) is 0 Å². The van der Waals surface area contributed by atoms with Crippen LogP contribution in [-0.2, 0) is 0 Å². The number of aromatic nitrogens is 1. The molecule has 0 aliphatic heterocycles. The zero-order chi connectivity index (χ0) is 13.5. The standard InChI is InChI=1S/C12H21N3O2S/c1-3-4-5-15(6-7-16)12(17)10-8-18-11(14-10)9(2)13/h8-9,16H,3-7,13H2,1-2H3. The maximum atomic E-state index is 12.2. The van der Waals surface area contributed by atoms with E-state index in [9.17, 15) is 4.79 Å². The second-order valence-corrected chi connectivity index (χ2v) is 5.12. The number of nitrogens with zero attached hydrogens (tertiary/aromatic N) is 2. The average Bonchev–Trinajstić information content (AvgIpc) is 2.83. The second-order valence-electron chi connectivity index (χ2n) is 4.23. The molecular weight excluding hydrogens is 250 g/mol. The van der Waals surface area contributed by atoms with Crippen LogP contribution in [0.15, 0.2) is 5.38 Å². The van der Waals surface area contributed by atoms with E-state index < -0.39 is 0 Å². The fraction of sp³-hybridized carbons (Fsp3) is 0.667. The highest BCUT2D eigenvalue weighted by Gasteiger charge is 2.18. The van der Waals surface area contributed by atoms with E-state index in [0.717, 1.165) is 17.8 Å². The largest absolute Gasteiger partial charge is 0.395 e. The topological polar surface area (TPSA) is 79.5 Å². The van der Waals surface area contributed by atoms with Crippen LogP contribution in [0.4, 0.5) is 0 Å². The van der Waals surface area contributed by atoms with Gasteiger partial charge in [-0.2, -0.15) is 0 Å². The lowest BCUT2D eigenvalue weighted by Crippen LogP contribution is -2.34. The molecule has 0 radical (unpaired) electrons. The number of nitrogens with two attached hydrogens (primary N) is 1. The molecular formula is C12H21N3O2S. The van der Waals surface area contributed by atoms with Crippen LogP contribution in [0, 0.1) is 0 Å². The van der Waals surface area contributed by atoms with Crippen molar-refractivity contribution in [3.8, 4) is 0 Å². The molecule has 0 bridgehead atoms. The van der Waals surface area contributed by atoms with Gasteiger partial charge in [-0.3, -0.25) is 4.79 Å². The molecule has 1 unspecified atom stereocenters. The quantitative estimate of drug-likeness (QED) is 0.785. The minimum atomic E-state index is -0.154. The lowest BCUT2D eigenvalue weighted by Gasteiger charge is -2.20. The molecule has 1 heterocycles. The number of thiazole rings is 1. The van der Waals surface area contributed by atoms with Gasteiger partial charge in [0.1, 0.15) is 10.7 Å². The van der Waals surface area contributed by atoms with Crippen LogP contribution in [0.3, 0.4) is 0 Å². The first kappa shape index (κ1) is 15.1. The van der Waals surface area contributed by atoms with E-state index in [1.54, 1.807) is 10.3 Å². The summed E-state index contributed by atoms with van der Waals surface area (Å²) in [5.41, 5.74) is 6.15. The first-order valence-electron chi connectivity index (χ1n) is 6.21. The van der Waals surface area contributed by atoms with Crippen molar-refractivity contribution in [1.29, 1.82) is 0 Å². The van der Waals surface area contributed by atoms with Crippen molar-refractivity contribution in [1.82, 2.24) is 9.88 Å². The highest BCUT2D eigenvalue weighted by atomic mass is 32.1. The number of rotatable bonds is 7. The Bertz CT molecular complexity index is 379. The minimum absolute atomic E-state index is 0.0280. The SMILES string of the molecule is CCCCN(CCO)C(=O)c1csc(C(C)N)n1. The number of aliphatic hydroxyl groups is 1. The molecule has 3 N–H and O–H groups in total. The molecule has 1 atom stereocenters. The molecule has 1 amide bonds. The summed E-state index contributed by atoms with van der Waals surface area (Å²) >= 11 is 1.40. The predicted octanol–water partition coefficient (Wildman–Crippen LogP) is 1.40. The van der Waals surface area contributed by atoms with Crippen LogP contribution in [0.25, 0.3) is 0 Å². The summed E-state index contributed by atoms with van der Waals surface area (Å²) in [6.07, 6.45) is 1.94. The minimum Gasteiger partial charge on any atom is -0.395 e. The van der Waals surface area contributed by atoms with Crippen molar-refractivity contribution in [3.05, 3.63) is 16.1 Å². The molecule has 0 aliphatic rings. The number of hydrogen-bond donors (Lipinski definition) is 2. The fourth-order valence-electron chi connectivity index (χ4n) is 1.54. The summed E-state index contributed by atoms with van der Waals surface area (Å²) in [6, 6.07) is -0.154. The number of unbranched alkanes of at least 4 members (excludes halogenated alkanes) is 1. The third-order valence-electron chi connectivity index (χ3n) is 2.57. The lowest BCUT2D eigenvalue weighted by atomic mass is 10.3. The number of carbonyl (C=O) groups is 1. The maximum absolute atomic E-state index is 12.2. The molecule has 102 valence electrons. The Morgan fingerprint density at radius 3 is 2.83 bits per heavy atom. The third kappa shape index (κ3) is 4.04. The van der Waals surface area contributed by atoms with E-state index in [2.05, 4.69) is 11.9 Å². The molecule has 18 heavy (non-hydrogen) atoms. The van der Waals surface area contributed by atoms with Gasteiger partial charge in [0, 0.05) is 18.5 Å². The molecule has 1 aromatic heterocycles. The van der Waals surface area contributed by atoms with Crippen LogP contribution in [0.5, 0.6) is 0 Å². The summed E-state index contributed by atoms with van der Waals surface area (Å²) in [5, 5.41) is 11.5. The number of amides is 1. The van der Waals surface area contributed by atoms with Gasteiger partial charge in [0.05, 0.1) is 12.6 Å². The van der Waals surface area contributed by atoms with Crippen LogP contribution < -0.4 is 5.73 Å². The fourth-order valence-corrected chi connectivity index (χ4v) is 2.29. The summed E-state index contributed by atoms with van der Waals surface area (Å²) in [6.45, 7) is 4.89. The highest BCUT2D eigenvalue weighted by Crippen LogP contribution is 2.17. The monoisotopic (exact) mass is 271 g/mol. The van der Waals surface area contributed by atoms with E-state index in [0.29, 0.717) is 18.8 Å². The first-order chi connectivity index (χ1) is 8.60. The Morgan fingerprint density at radius 2 is 2.33 bits per heavy atom. The zero-order valence-corrected chi connectivity index (χ0v) is 11.7. The summed E-state index contributed by atoms with van der Waals surface area (Å²) in [5.74, 6) is -0.124. The van der Waals surface area contributed by atoms with E-state index >= 15 is 0 Å². The molecule has 0 aliphatic carbocycles. The lowest BCUT2D eigenvalue weighted by molar-refractivity contribution is 0.0714. The van der Waals surface area contributed by atoms with Gasteiger partial charge in [0.15, 0.2) is 0 Å². The van der Waals surface area contributed by atoms with Crippen LogP contribution >= 0.6 is 11.3 Å². The highest BCUT2D eigenvalue weighted by molar-refractivity contribution is 7.09. The molecule has 1 aromatic rings. The predicted molar refractivity (Wildman–Crippen MR) is 72.6 cm³/mol. The van der Waals surface area contributed by atoms with Gasteiger partial charge in [-0.1, -0.05) is 13.3 Å². The van der Waals surface area contributed by atoms with Crippen molar-refractivity contribution in [2.45, 2.75) is 32.7 Å². The number of carbonyl (C=O) groups excluding carboxylic acids is 1. The van der Waals surface area contributed by atoms with Gasteiger partial charge in [-0.05, 0) is 13.3 Å². The van der Waals surface area contributed by atoms with Crippen LogP contribution in [-0.4, -0.2) is 40.6 Å². The normalized spacial score (nSPS) is 12.4. The number of aliphatic hydroxyl groups excluding tert-OH is 1. The molecule has 0 fully saturated rings. The van der Waals surface area contributed by atoms with Crippen LogP contribution in [0.1, 0.15) is 48.2 Å². The van der Waals surface area contributed by atoms with Crippen molar-refractivity contribution < 1.29 is 9.90 Å². The summed E-state index contributed by atoms with van der Waals surface area (Å²) in [7, 11) is 0. The molecule has 5 nitrogen and oxygen atoms in total. The Kier molecular flexibility index (Phi) is 6.24. The van der Waals surface area contributed by atoms with Gasteiger partial charge >= 0.3 is 0 Å². The van der Waals surface area contributed by atoms with Crippen molar-refractivity contribution in [2.24, 2.45) is 5.73 Å². The van der Waals surface area contributed by atoms with Gasteiger partial charge in [-0.25, -0.2) is 4.98 Å². The summed E-state index contributed by atoms with van der Waals surface area (Å²) in [4.78, 5) is 18.1. The molecule has 0 saturated carbocycles. The molecule has 6 heteroatoms. The second kappa shape index (κ2) is 7.45. The molecule has 1 rings (SSSR count). The van der Waals surface area contributed by atoms with Gasteiger partial charge in [0.2, 0.25) is 0 Å². The summed E-state index contributed by atoms with van der Waals surface area (Å²) < 4.78 is 0. The Morgan fingerprint density at radius 1 is 1.61 bits per heavy atom. The molecule has 0 spiro atoms.